The van der Waals surface area contributed by atoms with Gasteiger partial charge in [-0.05, 0) is 42.9 Å². The van der Waals surface area contributed by atoms with Crippen LogP contribution in [0, 0.1) is 0 Å². The first-order chi connectivity index (χ1) is 10.1. The van der Waals surface area contributed by atoms with Crippen molar-refractivity contribution in [2.75, 3.05) is 5.43 Å². The van der Waals surface area contributed by atoms with Crippen LogP contribution in [0.25, 0.3) is 0 Å². The van der Waals surface area contributed by atoms with Crippen LogP contribution in [-0.2, 0) is 0 Å². The zero-order valence-electron chi connectivity index (χ0n) is 11.6. The molecule has 3 nitrogen and oxygen atoms in total. The molecule has 0 spiro atoms. The molecule has 3 rings (SSSR count). The van der Waals surface area contributed by atoms with Gasteiger partial charge in [0.1, 0.15) is 0 Å². The molecule has 0 amide bonds. The van der Waals surface area contributed by atoms with Gasteiger partial charge in [-0.3, -0.25) is 10.4 Å². The molecule has 0 saturated carbocycles. The Morgan fingerprint density at radius 3 is 2.62 bits per heavy atom. The fourth-order valence-corrected chi connectivity index (χ4v) is 3.13. The maximum Gasteiger partial charge on any atom is 0.188 e. The number of thiocarbonyl (C=S) groups is 1. The Hall–Kier alpha value is -1.78. The van der Waals surface area contributed by atoms with Gasteiger partial charge in [-0.2, -0.15) is 0 Å². The molecule has 1 saturated heterocycles. The highest BCUT2D eigenvalue weighted by atomic mass is 35.5. The lowest BCUT2D eigenvalue weighted by molar-refractivity contribution is 0.376. The average Bonchev–Trinajstić information content (AvgIpc) is 2.74. The quantitative estimate of drug-likeness (QED) is 0.837. The van der Waals surface area contributed by atoms with Gasteiger partial charge in [-0.1, -0.05) is 48.0 Å². The van der Waals surface area contributed by atoms with Crippen molar-refractivity contribution >= 4 is 34.6 Å². The first-order valence-electron chi connectivity index (χ1n) is 6.82. The van der Waals surface area contributed by atoms with Gasteiger partial charge >= 0.3 is 0 Å². The summed E-state index contributed by atoms with van der Waals surface area (Å²) in [6.07, 6.45) is 0. The van der Waals surface area contributed by atoms with E-state index < -0.39 is 0 Å². The molecule has 0 radical (unpaired) electrons. The number of hydrazine groups is 1. The van der Waals surface area contributed by atoms with Crippen LogP contribution in [-0.4, -0.2) is 16.2 Å². The summed E-state index contributed by atoms with van der Waals surface area (Å²) in [7, 11) is 0. The highest BCUT2D eigenvalue weighted by molar-refractivity contribution is 7.80. The van der Waals surface area contributed by atoms with Crippen molar-refractivity contribution in [3.05, 3.63) is 65.2 Å². The highest BCUT2D eigenvalue weighted by Crippen LogP contribution is 2.30. The van der Waals surface area contributed by atoms with Gasteiger partial charge in [0.15, 0.2) is 5.11 Å². The van der Waals surface area contributed by atoms with Crippen LogP contribution >= 0.6 is 23.8 Å². The second-order valence-corrected chi connectivity index (χ2v) is 5.91. The van der Waals surface area contributed by atoms with Crippen molar-refractivity contribution in [2.45, 2.75) is 19.0 Å². The van der Waals surface area contributed by atoms with Crippen molar-refractivity contribution in [3.63, 3.8) is 0 Å². The van der Waals surface area contributed by atoms with E-state index in [2.05, 4.69) is 29.8 Å². The number of hydrogen-bond donors (Lipinski definition) is 2. The Bertz CT molecular complexity index is 647. The van der Waals surface area contributed by atoms with Crippen LogP contribution < -0.4 is 10.7 Å². The van der Waals surface area contributed by atoms with Crippen molar-refractivity contribution < 1.29 is 0 Å². The van der Waals surface area contributed by atoms with Crippen LogP contribution in [0.5, 0.6) is 0 Å². The van der Waals surface area contributed by atoms with Gasteiger partial charge in [0.05, 0.1) is 17.8 Å². The third-order valence-corrected chi connectivity index (χ3v) is 4.09. The molecule has 1 aliphatic heterocycles. The number of hydrogen-bond acceptors (Lipinski definition) is 2. The summed E-state index contributed by atoms with van der Waals surface area (Å²) in [5.74, 6) is 0. The maximum atomic E-state index is 6.04. The van der Waals surface area contributed by atoms with E-state index in [1.165, 1.54) is 5.56 Å². The standard InChI is InChI=1S/C16H16ClN3S/c1-11-15(12-6-3-2-4-7-12)20(16(21)18-11)19-14-9-5-8-13(17)10-14/h2-11,15,19H,1H3,(H,18,21). The van der Waals surface area contributed by atoms with Gasteiger partial charge in [-0.15, -0.1) is 0 Å². The lowest BCUT2D eigenvalue weighted by Gasteiger charge is -2.28. The minimum Gasteiger partial charge on any atom is -0.356 e. The van der Waals surface area contributed by atoms with E-state index in [-0.39, 0.29) is 12.1 Å². The van der Waals surface area contributed by atoms with Crippen molar-refractivity contribution in [3.8, 4) is 0 Å². The average molecular weight is 318 g/mol. The van der Waals surface area contributed by atoms with Crippen molar-refractivity contribution in [1.82, 2.24) is 10.3 Å². The Morgan fingerprint density at radius 1 is 1.14 bits per heavy atom. The number of nitrogens with one attached hydrogen (secondary N) is 2. The Balaban J connectivity index is 1.89. The summed E-state index contributed by atoms with van der Waals surface area (Å²) in [5.41, 5.74) is 5.49. The minimum atomic E-state index is 0.137. The summed E-state index contributed by atoms with van der Waals surface area (Å²) >= 11 is 11.5. The second kappa shape index (κ2) is 5.92. The minimum absolute atomic E-state index is 0.137. The highest BCUT2D eigenvalue weighted by Gasteiger charge is 2.35. The van der Waals surface area contributed by atoms with Gasteiger partial charge in [0.25, 0.3) is 0 Å². The van der Waals surface area contributed by atoms with E-state index >= 15 is 0 Å². The second-order valence-electron chi connectivity index (χ2n) is 5.09. The molecule has 1 heterocycles. The van der Waals surface area contributed by atoms with E-state index in [0.29, 0.717) is 10.1 Å². The first-order valence-corrected chi connectivity index (χ1v) is 7.60. The number of rotatable bonds is 3. The van der Waals surface area contributed by atoms with Crippen LogP contribution in [0.3, 0.4) is 0 Å². The number of halogens is 1. The number of nitrogens with zero attached hydrogens (tertiary/aromatic N) is 1. The maximum absolute atomic E-state index is 6.04. The monoisotopic (exact) mass is 317 g/mol. The molecule has 2 N–H and O–H groups in total. The molecule has 1 aliphatic rings. The van der Waals surface area contributed by atoms with Gasteiger partial charge in [0, 0.05) is 5.02 Å². The first kappa shape index (κ1) is 14.2. The Labute approximate surface area is 134 Å². The molecule has 0 aromatic heterocycles. The molecule has 108 valence electrons. The van der Waals surface area contributed by atoms with Crippen molar-refractivity contribution in [1.29, 1.82) is 0 Å². The molecule has 21 heavy (non-hydrogen) atoms. The van der Waals surface area contributed by atoms with Crippen LogP contribution in [0.2, 0.25) is 5.02 Å². The largest absolute Gasteiger partial charge is 0.356 e. The van der Waals surface area contributed by atoms with E-state index in [4.69, 9.17) is 23.8 Å². The summed E-state index contributed by atoms with van der Waals surface area (Å²) < 4.78 is 0. The zero-order chi connectivity index (χ0) is 14.8. The van der Waals surface area contributed by atoms with Gasteiger partial charge < -0.3 is 5.32 Å². The zero-order valence-corrected chi connectivity index (χ0v) is 13.2. The molecular formula is C16H16ClN3S. The smallest absolute Gasteiger partial charge is 0.188 e. The van der Waals surface area contributed by atoms with E-state index in [9.17, 15) is 0 Å². The van der Waals surface area contributed by atoms with Crippen LogP contribution in [0.4, 0.5) is 5.69 Å². The lowest BCUT2D eigenvalue weighted by atomic mass is 10.0. The molecule has 0 aliphatic carbocycles. The third kappa shape index (κ3) is 2.96. The summed E-state index contributed by atoms with van der Waals surface area (Å²) in [4.78, 5) is 0. The SMILES string of the molecule is CC1NC(=S)N(Nc2cccc(Cl)c2)C1c1ccccc1. The summed E-state index contributed by atoms with van der Waals surface area (Å²) in [5, 5.41) is 6.69. The summed E-state index contributed by atoms with van der Waals surface area (Å²) in [6.45, 7) is 2.13. The summed E-state index contributed by atoms with van der Waals surface area (Å²) in [6, 6.07) is 18.3. The lowest BCUT2D eigenvalue weighted by Crippen LogP contribution is -2.35. The third-order valence-electron chi connectivity index (χ3n) is 3.54. The number of benzene rings is 2. The van der Waals surface area contributed by atoms with Crippen LogP contribution in [0.15, 0.2) is 54.6 Å². The molecule has 1 fully saturated rings. The van der Waals surface area contributed by atoms with E-state index in [1.807, 2.05) is 47.5 Å². The fraction of sp³-hybridized carbons (Fsp3) is 0.188. The fourth-order valence-electron chi connectivity index (χ4n) is 2.60. The van der Waals surface area contributed by atoms with Crippen molar-refractivity contribution in [2.24, 2.45) is 0 Å². The van der Waals surface area contributed by atoms with Gasteiger partial charge in [0.2, 0.25) is 0 Å². The Kier molecular flexibility index (Phi) is 3.99. The van der Waals surface area contributed by atoms with E-state index in [0.717, 1.165) is 5.69 Å². The predicted molar refractivity (Wildman–Crippen MR) is 91.3 cm³/mol. The molecule has 2 aromatic rings. The Morgan fingerprint density at radius 2 is 1.90 bits per heavy atom. The number of anilines is 1. The molecular weight excluding hydrogens is 302 g/mol. The molecule has 5 heteroatoms. The molecule has 2 atom stereocenters. The predicted octanol–water partition coefficient (Wildman–Crippen LogP) is 3.99. The molecule has 0 bridgehead atoms. The van der Waals surface area contributed by atoms with E-state index in [1.54, 1.807) is 0 Å². The normalized spacial score (nSPS) is 21.2. The molecule has 2 unspecified atom stereocenters. The van der Waals surface area contributed by atoms with Crippen LogP contribution in [0.1, 0.15) is 18.5 Å². The topological polar surface area (TPSA) is 27.3 Å². The van der Waals surface area contributed by atoms with Gasteiger partial charge in [-0.25, -0.2) is 0 Å². The molecule has 2 aromatic carbocycles.